The van der Waals surface area contributed by atoms with Crippen molar-refractivity contribution in [3.05, 3.63) is 42.1 Å². The molecule has 0 amide bonds. The topological polar surface area (TPSA) is 74.3 Å². The highest BCUT2D eigenvalue weighted by Crippen LogP contribution is 2.56. The fourth-order valence-corrected chi connectivity index (χ4v) is 6.34. The first-order valence-corrected chi connectivity index (χ1v) is 11.3. The van der Waals surface area contributed by atoms with Gasteiger partial charge < -0.3 is 20.1 Å². The summed E-state index contributed by atoms with van der Waals surface area (Å²) in [4.78, 5) is 15.9. The normalized spacial score (nSPS) is 33.4. The maximum atomic E-state index is 12.6. The minimum atomic E-state index is -0.0544. The average Bonchev–Trinajstić information content (AvgIpc) is 3.23. The van der Waals surface area contributed by atoms with Gasteiger partial charge in [-0.2, -0.15) is 0 Å². The van der Waals surface area contributed by atoms with Crippen molar-refractivity contribution in [1.29, 1.82) is 0 Å². The molecule has 5 heteroatoms. The first-order valence-electron chi connectivity index (χ1n) is 11.3. The lowest BCUT2D eigenvalue weighted by atomic mass is 9.55. The lowest BCUT2D eigenvalue weighted by Gasteiger charge is -2.50. The van der Waals surface area contributed by atoms with Crippen molar-refractivity contribution < 1.29 is 14.6 Å². The molecule has 2 aliphatic carbocycles. The predicted octanol–water partition coefficient (Wildman–Crippen LogP) is 4.32. The Morgan fingerprint density at radius 2 is 2.27 bits per heavy atom. The number of esters is 1. The van der Waals surface area contributed by atoms with E-state index in [1.54, 1.807) is 12.1 Å². The van der Waals surface area contributed by atoms with E-state index in [9.17, 15) is 9.90 Å². The molecule has 3 aliphatic rings. The molecule has 30 heavy (non-hydrogen) atoms. The Balaban J connectivity index is 1.21. The number of fused-ring (bicyclic) bond motifs is 3. The molecule has 0 radical (unpaired) electrons. The number of hydrogen-bond acceptors (Lipinski definition) is 4. The van der Waals surface area contributed by atoms with E-state index in [4.69, 9.17) is 4.74 Å². The highest BCUT2D eigenvalue weighted by Gasteiger charge is 2.54. The molecule has 2 unspecified atom stereocenters. The van der Waals surface area contributed by atoms with Crippen LogP contribution in [0.25, 0.3) is 10.9 Å². The van der Waals surface area contributed by atoms with E-state index in [0.29, 0.717) is 18.4 Å². The second-order valence-corrected chi connectivity index (χ2v) is 9.90. The number of benzene rings is 1. The van der Waals surface area contributed by atoms with Crippen molar-refractivity contribution in [3.8, 4) is 5.75 Å². The van der Waals surface area contributed by atoms with Crippen LogP contribution in [0.15, 0.2) is 36.5 Å². The maximum absolute atomic E-state index is 12.6. The van der Waals surface area contributed by atoms with E-state index in [1.807, 2.05) is 12.3 Å². The molecule has 2 saturated carbocycles. The summed E-state index contributed by atoms with van der Waals surface area (Å²) < 4.78 is 5.86. The number of carbonyl (C=O) groups is 1. The maximum Gasteiger partial charge on any atom is 0.310 e. The van der Waals surface area contributed by atoms with Crippen LogP contribution in [0.1, 0.15) is 44.6 Å². The van der Waals surface area contributed by atoms with Gasteiger partial charge in [0, 0.05) is 29.6 Å². The van der Waals surface area contributed by atoms with E-state index >= 15 is 0 Å². The fraction of sp³-hybridized carbons (Fsp3) is 0.560. The van der Waals surface area contributed by atoms with Crippen molar-refractivity contribution in [3.63, 3.8) is 0 Å². The summed E-state index contributed by atoms with van der Waals surface area (Å²) in [5, 5.41) is 14.3. The third kappa shape index (κ3) is 3.33. The van der Waals surface area contributed by atoms with Crippen LogP contribution in [0.2, 0.25) is 0 Å². The molecule has 5 atom stereocenters. The zero-order chi connectivity index (χ0) is 20.9. The number of hydrogen-bond donors (Lipinski definition) is 3. The van der Waals surface area contributed by atoms with Crippen LogP contribution in [-0.4, -0.2) is 35.3 Å². The number of phenols is 1. The number of phenolic OH excluding ortho intramolecular Hbond substituents is 1. The summed E-state index contributed by atoms with van der Waals surface area (Å²) in [6.07, 6.45) is 8.53. The van der Waals surface area contributed by atoms with Gasteiger partial charge in [0.05, 0.1) is 5.92 Å². The Hall–Kier alpha value is -2.27. The van der Waals surface area contributed by atoms with Crippen LogP contribution < -0.4 is 5.32 Å². The van der Waals surface area contributed by atoms with Gasteiger partial charge in [0.2, 0.25) is 0 Å². The second kappa shape index (κ2) is 7.45. The van der Waals surface area contributed by atoms with E-state index in [2.05, 4.69) is 23.8 Å². The standard InChI is InChI=1S/C25H32N2O3/c1-15-4-3-8-25(2)12-23-19(11-21(15)25)20(24(29)30-23)14-26-9-7-16-13-27-22-6-5-17(28)10-18(16)22/h5-6,10,13,19-21,23,26-28H,1,3-4,7-9,11-12,14H2,2H3/t19-,20?,21?,23-,25-/m1/s1. The van der Waals surface area contributed by atoms with Gasteiger partial charge in [-0.05, 0) is 80.2 Å². The van der Waals surface area contributed by atoms with Crippen molar-refractivity contribution in [1.82, 2.24) is 10.3 Å². The molecule has 3 fully saturated rings. The molecular formula is C25H32N2O3. The largest absolute Gasteiger partial charge is 0.508 e. The Kier molecular flexibility index (Phi) is 4.89. The molecule has 5 rings (SSSR count). The van der Waals surface area contributed by atoms with Crippen molar-refractivity contribution in [2.75, 3.05) is 13.1 Å². The van der Waals surface area contributed by atoms with Crippen molar-refractivity contribution in [2.24, 2.45) is 23.2 Å². The second-order valence-electron chi connectivity index (χ2n) is 9.90. The van der Waals surface area contributed by atoms with Crippen LogP contribution in [0.3, 0.4) is 0 Å². The molecule has 2 aromatic rings. The summed E-state index contributed by atoms with van der Waals surface area (Å²) >= 11 is 0. The van der Waals surface area contributed by atoms with E-state index < -0.39 is 0 Å². The molecule has 1 aromatic heterocycles. The molecule has 2 heterocycles. The zero-order valence-electron chi connectivity index (χ0n) is 17.7. The minimum absolute atomic E-state index is 0.0256. The number of carbonyl (C=O) groups excluding carboxylic acids is 1. The summed E-state index contributed by atoms with van der Waals surface area (Å²) in [6.45, 7) is 8.21. The van der Waals surface area contributed by atoms with E-state index in [0.717, 1.165) is 43.1 Å². The molecule has 0 spiro atoms. The number of H-pyrrole nitrogens is 1. The number of allylic oxidation sites excluding steroid dienone is 1. The molecule has 1 aliphatic heterocycles. The smallest absolute Gasteiger partial charge is 0.310 e. The van der Waals surface area contributed by atoms with Crippen LogP contribution in [-0.2, 0) is 16.0 Å². The lowest BCUT2D eigenvalue weighted by molar-refractivity contribution is -0.146. The van der Waals surface area contributed by atoms with Crippen molar-refractivity contribution in [2.45, 2.75) is 51.6 Å². The molecular weight excluding hydrogens is 376 g/mol. The first kappa shape index (κ1) is 19.7. The minimum Gasteiger partial charge on any atom is -0.508 e. The molecule has 1 saturated heterocycles. The van der Waals surface area contributed by atoms with E-state index in [1.165, 1.54) is 24.0 Å². The molecule has 5 nitrogen and oxygen atoms in total. The van der Waals surface area contributed by atoms with Crippen molar-refractivity contribution >= 4 is 16.9 Å². The SMILES string of the molecule is C=C1CCC[C@]2(C)C[C@H]3OC(=O)C(CNCCc4c[nH]c5ccc(O)cc45)[C@H]3CC12. The Bertz CT molecular complexity index is 980. The molecule has 0 bridgehead atoms. The average molecular weight is 409 g/mol. The van der Waals surface area contributed by atoms with Gasteiger partial charge >= 0.3 is 5.97 Å². The van der Waals surface area contributed by atoms with Gasteiger partial charge in [-0.25, -0.2) is 0 Å². The predicted molar refractivity (Wildman–Crippen MR) is 117 cm³/mol. The van der Waals surface area contributed by atoms with Crippen LogP contribution >= 0.6 is 0 Å². The number of nitrogens with one attached hydrogen (secondary N) is 2. The summed E-state index contributed by atoms with van der Waals surface area (Å²) in [7, 11) is 0. The van der Waals surface area contributed by atoms with Gasteiger partial charge in [-0.1, -0.05) is 19.1 Å². The monoisotopic (exact) mass is 408 g/mol. The Morgan fingerprint density at radius 1 is 1.40 bits per heavy atom. The number of rotatable bonds is 5. The molecule has 3 N–H and O–H groups in total. The quantitative estimate of drug-likeness (QED) is 0.391. The highest BCUT2D eigenvalue weighted by molar-refractivity contribution is 5.84. The number of aromatic amines is 1. The lowest BCUT2D eigenvalue weighted by Crippen LogP contribution is -2.45. The highest BCUT2D eigenvalue weighted by atomic mass is 16.6. The molecule has 1 aromatic carbocycles. The van der Waals surface area contributed by atoms with Crippen LogP contribution in [0, 0.1) is 23.2 Å². The van der Waals surface area contributed by atoms with Crippen LogP contribution in [0.4, 0.5) is 0 Å². The van der Waals surface area contributed by atoms with Crippen LogP contribution in [0.5, 0.6) is 5.75 Å². The zero-order valence-corrected chi connectivity index (χ0v) is 17.7. The molecule has 160 valence electrons. The number of aromatic hydroxyl groups is 1. The fourth-order valence-electron chi connectivity index (χ4n) is 6.34. The summed E-state index contributed by atoms with van der Waals surface area (Å²) in [6, 6.07) is 5.39. The number of ether oxygens (including phenoxy) is 1. The van der Waals surface area contributed by atoms with Gasteiger partial charge in [-0.3, -0.25) is 4.79 Å². The van der Waals surface area contributed by atoms with E-state index in [-0.39, 0.29) is 29.2 Å². The summed E-state index contributed by atoms with van der Waals surface area (Å²) in [5.41, 5.74) is 3.84. The van der Waals surface area contributed by atoms with Gasteiger partial charge in [0.15, 0.2) is 0 Å². The van der Waals surface area contributed by atoms with Gasteiger partial charge in [0.1, 0.15) is 11.9 Å². The Labute approximate surface area is 177 Å². The third-order valence-electron chi connectivity index (χ3n) is 8.01. The first-order chi connectivity index (χ1) is 14.4. The van der Waals surface area contributed by atoms with Gasteiger partial charge in [0.25, 0.3) is 0 Å². The Morgan fingerprint density at radius 3 is 3.13 bits per heavy atom. The summed E-state index contributed by atoms with van der Waals surface area (Å²) in [5.74, 6) is 1.04. The number of aromatic nitrogens is 1. The van der Waals surface area contributed by atoms with Gasteiger partial charge in [-0.15, -0.1) is 0 Å². The third-order valence-corrected chi connectivity index (χ3v) is 8.01.